The van der Waals surface area contributed by atoms with Gasteiger partial charge in [-0.25, -0.2) is 9.59 Å². The van der Waals surface area contributed by atoms with E-state index in [4.69, 9.17) is 5.11 Å². The minimum Gasteiger partial charge on any atom is -0.478 e. The largest absolute Gasteiger partial charge is 0.478 e. The predicted octanol–water partition coefficient (Wildman–Crippen LogP) is 2.78. The zero-order valence-electron chi connectivity index (χ0n) is 11.1. The molecular weight excluding hydrogens is 244 g/mol. The third kappa shape index (κ3) is 4.83. The SMILES string of the molecule is C/C=C/CCNC(=O)Nc1ccc(C(=O)O)cc1C. The lowest BCUT2D eigenvalue weighted by Gasteiger charge is -2.09. The van der Waals surface area contributed by atoms with Gasteiger partial charge in [0, 0.05) is 12.2 Å². The third-order valence-corrected chi connectivity index (χ3v) is 2.55. The van der Waals surface area contributed by atoms with Gasteiger partial charge in [0.2, 0.25) is 0 Å². The van der Waals surface area contributed by atoms with Crippen molar-refractivity contribution in [2.45, 2.75) is 20.3 Å². The van der Waals surface area contributed by atoms with Crippen molar-refractivity contribution in [3.63, 3.8) is 0 Å². The summed E-state index contributed by atoms with van der Waals surface area (Å²) in [4.78, 5) is 22.4. The molecule has 0 aliphatic carbocycles. The summed E-state index contributed by atoms with van der Waals surface area (Å²) in [6.45, 7) is 4.23. The van der Waals surface area contributed by atoms with Gasteiger partial charge in [-0.2, -0.15) is 0 Å². The van der Waals surface area contributed by atoms with Crippen molar-refractivity contribution in [3.05, 3.63) is 41.5 Å². The number of carboxylic acid groups (broad SMARTS) is 1. The molecule has 1 aromatic rings. The van der Waals surface area contributed by atoms with Crippen LogP contribution in [0.2, 0.25) is 0 Å². The number of aromatic carboxylic acids is 1. The Morgan fingerprint density at radius 1 is 1.37 bits per heavy atom. The Kier molecular flexibility index (Phi) is 5.60. The molecule has 0 aliphatic rings. The van der Waals surface area contributed by atoms with Gasteiger partial charge in [0.15, 0.2) is 0 Å². The molecule has 0 unspecified atom stereocenters. The molecular formula is C14H18N2O3. The van der Waals surface area contributed by atoms with E-state index in [1.807, 2.05) is 19.1 Å². The van der Waals surface area contributed by atoms with E-state index in [9.17, 15) is 9.59 Å². The number of aryl methyl sites for hydroxylation is 1. The van der Waals surface area contributed by atoms with Gasteiger partial charge in [0.05, 0.1) is 5.56 Å². The predicted molar refractivity (Wildman–Crippen MR) is 74.6 cm³/mol. The van der Waals surface area contributed by atoms with Crippen molar-refractivity contribution < 1.29 is 14.7 Å². The Balaban J connectivity index is 2.57. The molecule has 0 heterocycles. The number of amides is 2. The number of rotatable bonds is 5. The Labute approximate surface area is 112 Å². The first-order chi connectivity index (χ1) is 9.04. The monoisotopic (exact) mass is 262 g/mol. The van der Waals surface area contributed by atoms with Gasteiger partial charge in [-0.05, 0) is 44.0 Å². The minimum absolute atomic E-state index is 0.205. The zero-order valence-corrected chi connectivity index (χ0v) is 11.1. The molecule has 0 saturated heterocycles. The maximum atomic E-state index is 11.6. The van der Waals surface area contributed by atoms with E-state index >= 15 is 0 Å². The Morgan fingerprint density at radius 2 is 2.11 bits per heavy atom. The molecule has 0 aromatic heterocycles. The van der Waals surface area contributed by atoms with E-state index in [0.717, 1.165) is 6.42 Å². The molecule has 5 nitrogen and oxygen atoms in total. The van der Waals surface area contributed by atoms with Gasteiger partial charge < -0.3 is 15.7 Å². The molecule has 0 radical (unpaired) electrons. The number of nitrogens with one attached hydrogen (secondary N) is 2. The number of allylic oxidation sites excluding steroid dienone is 1. The number of carbonyl (C=O) groups is 2. The molecule has 0 aliphatic heterocycles. The van der Waals surface area contributed by atoms with Gasteiger partial charge in [0.25, 0.3) is 0 Å². The molecule has 5 heteroatoms. The number of carboxylic acids is 1. The van der Waals surface area contributed by atoms with Crippen LogP contribution in [-0.4, -0.2) is 23.7 Å². The fraction of sp³-hybridized carbons (Fsp3) is 0.286. The van der Waals surface area contributed by atoms with Crippen LogP contribution in [0, 0.1) is 6.92 Å². The van der Waals surface area contributed by atoms with Crippen molar-refractivity contribution in [3.8, 4) is 0 Å². The summed E-state index contributed by atoms with van der Waals surface area (Å²) in [7, 11) is 0. The number of benzene rings is 1. The van der Waals surface area contributed by atoms with Crippen LogP contribution in [0.5, 0.6) is 0 Å². The van der Waals surface area contributed by atoms with E-state index in [-0.39, 0.29) is 11.6 Å². The first kappa shape index (κ1) is 14.8. The lowest BCUT2D eigenvalue weighted by molar-refractivity contribution is 0.0697. The van der Waals surface area contributed by atoms with Gasteiger partial charge in [-0.15, -0.1) is 0 Å². The normalized spacial score (nSPS) is 10.4. The summed E-state index contributed by atoms with van der Waals surface area (Å²) >= 11 is 0. The highest BCUT2D eigenvalue weighted by molar-refractivity contribution is 5.92. The quantitative estimate of drug-likeness (QED) is 0.564. The lowest BCUT2D eigenvalue weighted by atomic mass is 10.1. The Morgan fingerprint density at radius 3 is 2.68 bits per heavy atom. The smallest absolute Gasteiger partial charge is 0.335 e. The summed E-state index contributed by atoms with van der Waals surface area (Å²) < 4.78 is 0. The molecule has 1 rings (SSSR count). The highest BCUT2D eigenvalue weighted by Gasteiger charge is 2.07. The number of hydrogen-bond acceptors (Lipinski definition) is 2. The van der Waals surface area contributed by atoms with Gasteiger partial charge in [0.1, 0.15) is 0 Å². The molecule has 102 valence electrons. The second-order valence-corrected chi connectivity index (χ2v) is 4.07. The van der Waals surface area contributed by atoms with E-state index in [1.54, 1.807) is 13.0 Å². The van der Waals surface area contributed by atoms with Crippen LogP contribution in [0.4, 0.5) is 10.5 Å². The van der Waals surface area contributed by atoms with Crippen LogP contribution < -0.4 is 10.6 Å². The van der Waals surface area contributed by atoms with E-state index in [2.05, 4.69) is 10.6 Å². The van der Waals surface area contributed by atoms with Crippen molar-refractivity contribution in [2.75, 3.05) is 11.9 Å². The van der Waals surface area contributed by atoms with E-state index in [1.165, 1.54) is 12.1 Å². The van der Waals surface area contributed by atoms with Crippen molar-refractivity contribution >= 4 is 17.7 Å². The molecule has 0 bridgehead atoms. The molecule has 0 atom stereocenters. The average Bonchev–Trinajstić information content (AvgIpc) is 2.37. The number of anilines is 1. The van der Waals surface area contributed by atoms with Gasteiger partial charge >= 0.3 is 12.0 Å². The molecule has 3 N–H and O–H groups in total. The number of urea groups is 1. The van der Waals surface area contributed by atoms with Crippen LogP contribution in [0.15, 0.2) is 30.4 Å². The first-order valence-electron chi connectivity index (χ1n) is 6.04. The summed E-state index contributed by atoms with van der Waals surface area (Å²) in [6, 6.07) is 4.28. The van der Waals surface area contributed by atoms with Crippen LogP contribution >= 0.6 is 0 Å². The number of carbonyl (C=O) groups excluding carboxylic acids is 1. The van der Waals surface area contributed by atoms with Gasteiger partial charge in [-0.3, -0.25) is 0 Å². The Bertz CT molecular complexity index is 495. The average molecular weight is 262 g/mol. The molecule has 19 heavy (non-hydrogen) atoms. The topological polar surface area (TPSA) is 78.4 Å². The summed E-state index contributed by atoms with van der Waals surface area (Å²) in [5, 5.41) is 14.2. The highest BCUT2D eigenvalue weighted by Crippen LogP contribution is 2.16. The first-order valence-corrected chi connectivity index (χ1v) is 6.04. The van der Waals surface area contributed by atoms with Crippen LogP contribution in [-0.2, 0) is 0 Å². The van der Waals surface area contributed by atoms with Crippen LogP contribution in [0.25, 0.3) is 0 Å². The zero-order chi connectivity index (χ0) is 14.3. The molecule has 2 amide bonds. The molecule has 0 saturated carbocycles. The maximum Gasteiger partial charge on any atom is 0.335 e. The fourth-order valence-electron chi connectivity index (χ4n) is 1.54. The second kappa shape index (κ2) is 7.20. The van der Waals surface area contributed by atoms with Crippen molar-refractivity contribution in [1.29, 1.82) is 0 Å². The standard InChI is InChI=1S/C14H18N2O3/c1-3-4-5-8-15-14(19)16-12-7-6-11(13(17)18)9-10(12)2/h3-4,6-7,9H,5,8H2,1-2H3,(H,17,18)(H2,15,16,19)/b4-3+. The lowest BCUT2D eigenvalue weighted by Crippen LogP contribution is -2.29. The minimum atomic E-state index is -0.981. The van der Waals surface area contributed by atoms with Crippen molar-refractivity contribution in [1.82, 2.24) is 5.32 Å². The molecule has 0 fully saturated rings. The second-order valence-electron chi connectivity index (χ2n) is 4.07. The fourth-order valence-corrected chi connectivity index (χ4v) is 1.54. The highest BCUT2D eigenvalue weighted by atomic mass is 16.4. The summed E-state index contributed by atoms with van der Waals surface area (Å²) in [6.07, 6.45) is 4.67. The summed E-state index contributed by atoms with van der Waals surface area (Å²) in [5.74, 6) is -0.981. The molecule has 1 aromatic carbocycles. The van der Waals surface area contributed by atoms with Crippen molar-refractivity contribution in [2.24, 2.45) is 0 Å². The molecule has 0 spiro atoms. The van der Waals surface area contributed by atoms with E-state index in [0.29, 0.717) is 17.8 Å². The summed E-state index contributed by atoms with van der Waals surface area (Å²) in [5.41, 5.74) is 1.52. The third-order valence-electron chi connectivity index (χ3n) is 2.55. The Hall–Kier alpha value is -2.30. The van der Waals surface area contributed by atoms with Crippen LogP contribution in [0.1, 0.15) is 29.3 Å². The maximum absolute atomic E-state index is 11.6. The van der Waals surface area contributed by atoms with Crippen LogP contribution in [0.3, 0.4) is 0 Å². The van der Waals surface area contributed by atoms with Gasteiger partial charge in [-0.1, -0.05) is 12.2 Å². The van der Waals surface area contributed by atoms with E-state index < -0.39 is 5.97 Å². The number of hydrogen-bond donors (Lipinski definition) is 3.